The fraction of sp³-hybridized carbons (Fsp3) is 0.455. The van der Waals surface area contributed by atoms with Gasteiger partial charge in [-0.2, -0.15) is 0 Å². The van der Waals surface area contributed by atoms with Crippen LogP contribution in [0.3, 0.4) is 0 Å². The van der Waals surface area contributed by atoms with Crippen LogP contribution < -0.4 is 5.32 Å². The van der Waals surface area contributed by atoms with Crippen LogP contribution in [0, 0.1) is 11.7 Å². The summed E-state index contributed by atoms with van der Waals surface area (Å²) in [4.78, 5) is 1.04. The summed E-state index contributed by atoms with van der Waals surface area (Å²) in [6, 6.07) is 6.83. The molecule has 0 aliphatic carbocycles. The summed E-state index contributed by atoms with van der Waals surface area (Å²) in [7, 11) is 0. The minimum atomic E-state index is -0.139. The molecule has 1 heterocycles. The fourth-order valence-electron chi connectivity index (χ4n) is 1.63. The minimum absolute atomic E-state index is 0.139. The Bertz CT molecular complexity index is 297. The van der Waals surface area contributed by atoms with E-state index in [-0.39, 0.29) is 5.82 Å². The van der Waals surface area contributed by atoms with Crippen LogP contribution in [0.15, 0.2) is 29.2 Å². The van der Waals surface area contributed by atoms with Crippen molar-refractivity contribution in [3.63, 3.8) is 0 Å². The smallest absolute Gasteiger partial charge is 0.124 e. The van der Waals surface area contributed by atoms with E-state index in [0.29, 0.717) is 0 Å². The van der Waals surface area contributed by atoms with Gasteiger partial charge in [0.15, 0.2) is 0 Å². The summed E-state index contributed by atoms with van der Waals surface area (Å²) in [6.07, 6.45) is 1.25. The predicted molar refractivity (Wildman–Crippen MR) is 58.1 cm³/mol. The average Bonchev–Trinajstić information content (AvgIpc) is 2.67. The Balaban J connectivity index is 1.85. The highest BCUT2D eigenvalue weighted by molar-refractivity contribution is 7.99. The van der Waals surface area contributed by atoms with Gasteiger partial charge in [0.2, 0.25) is 0 Å². The summed E-state index contributed by atoms with van der Waals surface area (Å²) >= 11 is 1.75. The largest absolute Gasteiger partial charge is 0.316 e. The molecule has 76 valence electrons. The van der Waals surface area contributed by atoms with Crippen molar-refractivity contribution in [2.75, 3.05) is 18.8 Å². The first-order valence-electron chi connectivity index (χ1n) is 4.94. The zero-order valence-electron chi connectivity index (χ0n) is 8.00. The lowest BCUT2D eigenvalue weighted by atomic mass is 10.2. The lowest BCUT2D eigenvalue weighted by Crippen LogP contribution is -2.10. The second-order valence-electron chi connectivity index (χ2n) is 3.63. The van der Waals surface area contributed by atoms with E-state index in [9.17, 15) is 4.39 Å². The molecule has 1 saturated heterocycles. The molecule has 0 spiro atoms. The van der Waals surface area contributed by atoms with Crippen LogP contribution in [-0.2, 0) is 0 Å². The zero-order chi connectivity index (χ0) is 9.80. The van der Waals surface area contributed by atoms with Gasteiger partial charge in [-0.25, -0.2) is 4.39 Å². The van der Waals surface area contributed by atoms with Crippen molar-refractivity contribution in [1.82, 2.24) is 5.32 Å². The topological polar surface area (TPSA) is 12.0 Å². The Kier molecular flexibility index (Phi) is 3.43. The lowest BCUT2D eigenvalue weighted by Gasteiger charge is -2.07. The summed E-state index contributed by atoms with van der Waals surface area (Å²) in [6.45, 7) is 2.25. The molecule has 0 saturated carbocycles. The van der Waals surface area contributed by atoms with Crippen molar-refractivity contribution >= 4 is 11.8 Å². The van der Waals surface area contributed by atoms with Gasteiger partial charge < -0.3 is 5.32 Å². The first-order valence-corrected chi connectivity index (χ1v) is 5.92. The van der Waals surface area contributed by atoms with Gasteiger partial charge in [0.05, 0.1) is 0 Å². The van der Waals surface area contributed by atoms with Gasteiger partial charge >= 0.3 is 0 Å². The van der Waals surface area contributed by atoms with Gasteiger partial charge in [0.25, 0.3) is 0 Å². The highest BCUT2D eigenvalue weighted by Crippen LogP contribution is 2.23. The molecule has 1 aromatic carbocycles. The van der Waals surface area contributed by atoms with E-state index in [1.165, 1.54) is 12.5 Å². The quantitative estimate of drug-likeness (QED) is 0.771. The number of rotatable bonds is 3. The molecule has 1 fully saturated rings. The molecule has 0 amide bonds. The van der Waals surface area contributed by atoms with E-state index in [1.807, 2.05) is 6.07 Å². The zero-order valence-corrected chi connectivity index (χ0v) is 8.82. The molecule has 1 unspecified atom stereocenters. The van der Waals surface area contributed by atoms with E-state index in [2.05, 4.69) is 5.32 Å². The van der Waals surface area contributed by atoms with Crippen molar-refractivity contribution in [1.29, 1.82) is 0 Å². The first kappa shape index (κ1) is 9.99. The monoisotopic (exact) mass is 211 g/mol. The number of hydrogen-bond donors (Lipinski definition) is 1. The van der Waals surface area contributed by atoms with E-state index in [4.69, 9.17) is 0 Å². The van der Waals surface area contributed by atoms with E-state index < -0.39 is 0 Å². The van der Waals surface area contributed by atoms with Crippen LogP contribution in [0.25, 0.3) is 0 Å². The molecule has 0 aromatic heterocycles. The van der Waals surface area contributed by atoms with Gasteiger partial charge in [-0.3, -0.25) is 0 Å². The summed E-state index contributed by atoms with van der Waals surface area (Å²) in [5.74, 6) is 1.71. The van der Waals surface area contributed by atoms with Gasteiger partial charge in [-0.05, 0) is 43.6 Å². The molecule has 0 bridgehead atoms. The normalized spacial score (nSPS) is 21.4. The van der Waals surface area contributed by atoms with E-state index in [0.717, 1.165) is 29.7 Å². The molecular weight excluding hydrogens is 197 g/mol. The summed E-state index contributed by atoms with van der Waals surface area (Å²) < 4.78 is 12.8. The molecule has 1 atom stereocenters. The minimum Gasteiger partial charge on any atom is -0.316 e. The number of thioether (sulfide) groups is 1. The highest BCUT2D eigenvalue weighted by Gasteiger charge is 2.14. The molecule has 1 N–H and O–H groups in total. The third-order valence-corrected chi connectivity index (χ3v) is 3.67. The maximum absolute atomic E-state index is 12.8. The maximum Gasteiger partial charge on any atom is 0.124 e. The number of benzene rings is 1. The van der Waals surface area contributed by atoms with Crippen LogP contribution in [0.4, 0.5) is 4.39 Å². The molecule has 3 heteroatoms. The Morgan fingerprint density at radius 1 is 1.50 bits per heavy atom. The standard InChI is InChI=1S/C11H14FNS/c12-10-2-1-3-11(6-10)14-8-9-4-5-13-7-9/h1-3,6,9,13H,4-5,7-8H2. The Morgan fingerprint density at radius 3 is 3.14 bits per heavy atom. The summed E-state index contributed by atoms with van der Waals surface area (Å²) in [5.41, 5.74) is 0. The molecule has 0 radical (unpaired) electrons. The molecular formula is C11H14FNS. The van der Waals surface area contributed by atoms with Crippen LogP contribution >= 0.6 is 11.8 Å². The lowest BCUT2D eigenvalue weighted by molar-refractivity contribution is 0.624. The Labute approximate surface area is 88.1 Å². The molecule has 1 aliphatic rings. The number of halogens is 1. The van der Waals surface area contributed by atoms with Crippen molar-refractivity contribution in [3.8, 4) is 0 Å². The predicted octanol–water partition coefficient (Wildman–Crippen LogP) is 2.53. The second kappa shape index (κ2) is 4.80. The van der Waals surface area contributed by atoms with E-state index >= 15 is 0 Å². The van der Waals surface area contributed by atoms with Crippen molar-refractivity contribution in [2.24, 2.45) is 5.92 Å². The first-order chi connectivity index (χ1) is 6.84. The van der Waals surface area contributed by atoms with Gasteiger partial charge in [0, 0.05) is 10.6 Å². The third kappa shape index (κ3) is 2.72. The average molecular weight is 211 g/mol. The number of hydrogen-bond acceptors (Lipinski definition) is 2. The van der Waals surface area contributed by atoms with Crippen LogP contribution in [-0.4, -0.2) is 18.8 Å². The third-order valence-electron chi connectivity index (χ3n) is 2.44. The Hall–Kier alpha value is -0.540. The molecule has 2 rings (SSSR count). The van der Waals surface area contributed by atoms with Gasteiger partial charge in [-0.15, -0.1) is 11.8 Å². The second-order valence-corrected chi connectivity index (χ2v) is 4.72. The Morgan fingerprint density at radius 2 is 2.43 bits per heavy atom. The maximum atomic E-state index is 12.8. The van der Waals surface area contributed by atoms with Crippen LogP contribution in [0.5, 0.6) is 0 Å². The van der Waals surface area contributed by atoms with Crippen LogP contribution in [0.2, 0.25) is 0 Å². The van der Waals surface area contributed by atoms with Crippen molar-refractivity contribution < 1.29 is 4.39 Å². The fourth-order valence-corrected chi connectivity index (χ4v) is 2.71. The molecule has 1 aliphatic heterocycles. The van der Waals surface area contributed by atoms with Crippen molar-refractivity contribution in [2.45, 2.75) is 11.3 Å². The van der Waals surface area contributed by atoms with Crippen molar-refractivity contribution in [3.05, 3.63) is 30.1 Å². The summed E-state index contributed by atoms with van der Waals surface area (Å²) in [5, 5.41) is 3.33. The van der Waals surface area contributed by atoms with Crippen LogP contribution in [0.1, 0.15) is 6.42 Å². The van der Waals surface area contributed by atoms with Gasteiger partial charge in [0.1, 0.15) is 5.82 Å². The molecule has 1 aromatic rings. The molecule has 1 nitrogen and oxygen atoms in total. The van der Waals surface area contributed by atoms with Gasteiger partial charge in [-0.1, -0.05) is 6.07 Å². The van der Waals surface area contributed by atoms with E-state index in [1.54, 1.807) is 23.9 Å². The SMILES string of the molecule is Fc1cccc(SCC2CCNC2)c1. The highest BCUT2D eigenvalue weighted by atomic mass is 32.2. The number of nitrogens with one attached hydrogen (secondary N) is 1. The molecule has 14 heavy (non-hydrogen) atoms.